The average molecular weight is 394 g/mol. The number of oxime groups is 1. The van der Waals surface area contributed by atoms with E-state index >= 15 is 0 Å². The number of rotatable bonds is 7. The van der Waals surface area contributed by atoms with Crippen LogP contribution in [0.2, 0.25) is 0 Å². The van der Waals surface area contributed by atoms with Gasteiger partial charge in [0.2, 0.25) is 0 Å². The van der Waals surface area contributed by atoms with Crippen molar-refractivity contribution in [2.24, 2.45) is 5.16 Å². The van der Waals surface area contributed by atoms with E-state index in [2.05, 4.69) is 5.16 Å². The Balaban J connectivity index is 2.19. The molecule has 0 aliphatic heterocycles. The van der Waals surface area contributed by atoms with Crippen molar-refractivity contribution in [1.29, 1.82) is 0 Å². The molecule has 0 atom stereocenters. The van der Waals surface area contributed by atoms with Gasteiger partial charge in [0.15, 0.2) is 5.71 Å². The van der Waals surface area contributed by atoms with Crippen molar-refractivity contribution in [2.45, 2.75) is 6.61 Å². The lowest BCUT2D eigenvalue weighted by Gasteiger charge is -2.12. The van der Waals surface area contributed by atoms with E-state index < -0.39 is 5.97 Å². The van der Waals surface area contributed by atoms with Crippen LogP contribution in [0.5, 0.6) is 5.75 Å². The number of nitrogens with zero attached hydrogens (tertiary/aromatic N) is 1. The Morgan fingerprint density at radius 1 is 1.08 bits per heavy atom. The van der Waals surface area contributed by atoms with Crippen molar-refractivity contribution in [3.8, 4) is 5.75 Å². The Morgan fingerprint density at radius 2 is 1.77 bits per heavy atom. The summed E-state index contributed by atoms with van der Waals surface area (Å²) in [5.41, 5.74) is 2.28. The number of carbonyl (C=O) groups excluding carboxylic acids is 1. The van der Waals surface area contributed by atoms with Crippen LogP contribution in [0.3, 0.4) is 0 Å². The van der Waals surface area contributed by atoms with Crippen LogP contribution in [0.4, 0.5) is 0 Å². The van der Waals surface area contributed by atoms with Gasteiger partial charge in [-0.25, -0.2) is 4.79 Å². The molecule has 0 aliphatic carbocycles. The Hall–Kier alpha value is -2.50. The highest BCUT2D eigenvalue weighted by molar-refractivity contribution is 6.57. The van der Waals surface area contributed by atoms with Gasteiger partial charge in [0.25, 0.3) is 0 Å². The molecule has 2 rings (SSSR count). The van der Waals surface area contributed by atoms with Gasteiger partial charge in [-0.2, -0.15) is 0 Å². The highest BCUT2D eigenvalue weighted by Crippen LogP contribution is 2.20. The molecule has 0 amide bonds. The van der Waals surface area contributed by atoms with Gasteiger partial charge in [-0.3, -0.25) is 0 Å². The molecule has 5 nitrogen and oxygen atoms in total. The molecule has 0 heterocycles. The van der Waals surface area contributed by atoms with E-state index in [0.717, 1.165) is 11.1 Å². The molecule has 7 heteroatoms. The standard InChI is InChI=1S/C19H17Cl2NO4/c1-24-19(23)18(22-25-2)16-6-4-3-5-14(16)12-26-15-9-7-13(8-10-15)11-17(20)21/h3-11H,12H2,1-2H3/b22-18+. The smallest absolute Gasteiger partial charge is 0.360 e. The van der Waals surface area contributed by atoms with E-state index in [1.54, 1.807) is 30.3 Å². The van der Waals surface area contributed by atoms with Crippen molar-refractivity contribution in [1.82, 2.24) is 0 Å². The fraction of sp³-hybridized carbons (Fsp3) is 0.158. The van der Waals surface area contributed by atoms with Crippen LogP contribution in [0, 0.1) is 0 Å². The van der Waals surface area contributed by atoms with E-state index in [0.29, 0.717) is 11.3 Å². The molecule has 0 fully saturated rings. The number of hydrogen-bond acceptors (Lipinski definition) is 5. The van der Waals surface area contributed by atoms with E-state index in [1.807, 2.05) is 24.3 Å². The highest BCUT2D eigenvalue weighted by Gasteiger charge is 2.19. The minimum Gasteiger partial charge on any atom is -0.489 e. The SMILES string of the molecule is CO/N=C(/C(=O)OC)c1ccccc1COc1ccc(C=C(Cl)Cl)cc1. The molecule has 2 aromatic rings. The van der Waals surface area contributed by atoms with Gasteiger partial charge in [-0.05, 0) is 29.3 Å². The maximum Gasteiger partial charge on any atom is 0.360 e. The Kier molecular flexibility index (Phi) is 7.51. The molecule has 0 spiro atoms. The van der Waals surface area contributed by atoms with Crippen molar-refractivity contribution in [3.05, 3.63) is 69.7 Å². The normalized spacial score (nSPS) is 10.8. The molecule has 0 unspecified atom stereocenters. The van der Waals surface area contributed by atoms with Gasteiger partial charge in [0.1, 0.15) is 24.0 Å². The molecule has 0 bridgehead atoms. The van der Waals surface area contributed by atoms with Gasteiger partial charge in [0, 0.05) is 5.56 Å². The summed E-state index contributed by atoms with van der Waals surface area (Å²) < 4.78 is 10.7. The third-order valence-electron chi connectivity index (χ3n) is 3.38. The fourth-order valence-electron chi connectivity index (χ4n) is 2.21. The first kappa shape index (κ1) is 19.8. The molecule has 0 radical (unpaired) electrons. The van der Waals surface area contributed by atoms with E-state index in [-0.39, 0.29) is 16.8 Å². The van der Waals surface area contributed by atoms with Crippen molar-refractivity contribution in [2.75, 3.05) is 14.2 Å². The summed E-state index contributed by atoms with van der Waals surface area (Å²) in [7, 11) is 2.65. The zero-order chi connectivity index (χ0) is 18.9. The monoisotopic (exact) mass is 393 g/mol. The second kappa shape index (κ2) is 9.85. The summed E-state index contributed by atoms with van der Waals surface area (Å²) in [5.74, 6) is 0.0688. The third-order valence-corrected chi connectivity index (χ3v) is 3.60. The number of esters is 1. The summed E-state index contributed by atoms with van der Waals surface area (Å²) in [6, 6.07) is 14.5. The van der Waals surface area contributed by atoms with Gasteiger partial charge in [-0.15, -0.1) is 0 Å². The number of methoxy groups -OCH3 is 1. The van der Waals surface area contributed by atoms with Gasteiger partial charge in [-0.1, -0.05) is 64.8 Å². The van der Waals surface area contributed by atoms with E-state index in [4.69, 9.17) is 37.5 Å². The van der Waals surface area contributed by atoms with E-state index in [1.165, 1.54) is 14.2 Å². The molecule has 2 aromatic carbocycles. The van der Waals surface area contributed by atoms with E-state index in [9.17, 15) is 4.79 Å². The van der Waals surface area contributed by atoms with Crippen LogP contribution >= 0.6 is 23.2 Å². The first-order valence-corrected chi connectivity index (χ1v) is 8.34. The third kappa shape index (κ3) is 5.51. The number of halogens is 2. The first-order chi connectivity index (χ1) is 12.5. The predicted octanol–water partition coefficient (Wildman–Crippen LogP) is 4.57. The number of carbonyl (C=O) groups is 1. The zero-order valence-electron chi connectivity index (χ0n) is 14.2. The van der Waals surface area contributed by atoms with Crippen LogP contribution < -0.4 is 4.74 Å². The van der Waals surface area contributed by atoms with Crippen LogP contribution in [-0.2, 0) is 21.0 Å². The maximum absolute atomic E-state index is 12.0. The number of hydrogen-bond donors (Lipinski definition) is 0. The van der Waals surface area contributed by atoms with Crippen LogP contribution in [0.25, 0.3) is 6.08 Å². The molecule has 0 saturated carbocycles. The molecule has 26 heavy (non-hydrogen) atoms. The van der Waals surface area contributed by atoms with Crippen LogP contribution in [0.1, 0.15) is 16.7 Å². The molecular weight excluding hydrogens is 377 g/mol. The van der Waals surface area contributed by atoms with Crippen LogP contribution in [-0.4, -0.2) is 25.9 Å². The lowest BCUT2D eigenvalue weighted by molar-refractivity contribution is -0.132. The minimum atomic E-state index is -0.589. The molecule has 0 N–H and O–H groups in total. The lowest BCUT2D eigenvalue weighted by atomic mass is 10.0. The quantitative estimate of drug-likeness (QED) is 0.392. The highest BCUT2D eigenvalue weighted by atomic mass is 35.5. The topological polar surface area (TPSA) is 57.1 Å². The van der Waals surface area contributed by atoms with Gasteiger partial charge in [0.05, 0.1) is 7.11 Å². The average Bonchev–Trinajstić information content (AvgIpc) is 2.65. The minimum absolute atomic E-state index is 0.0754. The molecule has 136 valence electrons. The molecule has 0 aliphatic rings. The Bertz CT molecular complexity index is 813. The largest absolute Gasteiger partial charge is 0.489 e. The molecular formula is C19H17Cl2NO4. The summed E-state index contributed by atoms with van der Waals surface area (Å²) in [5, 5.41) is 3.78. The molecule has 0 aromatic heterocycles. The summed E-state index contributed by atoms with van der Waals surface area (Å²) in [6.07, 6.45) is 1.63. The van der Waals surface area contributed by atoms with Crippen LogP contribution in [0.15, 0.2) is 58.2 Å². The lowest BCUT2D eigenvalue weighted by Crippen LogP contribution is -2.19. The number of benzene rings is 2. The zero-order valence-corrected chi connectivity index (χ0v) is 15.8. The Labute approximate surface area is 161 Å². The summed E-state index contributed by atoms with van der Waals surface area (Å²) in [4.78, 5) is 16.7. The van der Waals surface area contributed by atoms with Gasteiger partial charge >= 0.3 is 5.97 Å². The predicted molar refractivity (Wildman–Crippen MR) is 102 cm³/mol. The maximum atomic E-state index is 12.0. The molecule has 0 saturated heterocycles. The summed E-state index contributed by atoms with van der Waals surface area (Å²) in [6.45, 7) is 0.237. The Morgan fingerprint density at radius 3 is 2.38 bits per heavy atom. The number of ether oxygens (including phenoxy) is 2. The fourth-order valence-corrected chi connectivity index (χ4v) is 2.46. The summed E-state index contributed by atoms with van der Waals surface area (Å²) >= 11 is 11.3. The second-order valence-electron chi connectivity index (χ2n) is 5.06. The van der Waals surface area contributed by atoms with Crippen molar-refractivity contribution in [3.63, 3.8) is 0 Å². The first-order valence-electron chi connectivity index (χ1n) is 7.58. The van der Waals surface area contributed by atoms with Crippen molar-refractivity contribution >= 4 is 41.0 Å². The second-order valence-corrected chi connectivity index (χ2v) is 6.07. The van der Waals surface area contributed by atoms with Crippen molar-refractivity contribution < 1.29 is 19.1 Å². The van der Waals surface area contributed by atoms with Gasteiger partial charge < -0.3 is 14.3 Å².